The first-order valence-corrected chi connectivity index (χ1v) is 6.14. The average Bonchev–Trinajstić information content (AvgIpc) is 2.59. The molecule has 1 aromatic heterocycles. The van der Waals surface area contributed by atoms with Crippen LogP contribution in [-0.2, 0) is 26.2 Å². The Morgan fingerprint density at radius 2 is 1.80 bits per heavy atom. The van der Waals surface area contributed by atoms with Crippen LogP contribution in [0.15, 0.2) is 39.5 Å². The van der Waals surface area contributed by atoms with Crippen molar-refractivity contribution in [1.29, 1.82) is 0 Å². The Kier molecular flexibility index (Phi) is 10.2. The number of rotatable bonds is 0. The minimum Gasteiger partial charge on any atom is -1.00 e. The summed E-state index contributed by atoms with van der Waals surface area (Å²) in [5, 5.41) is 0. The zero-order valence-electron chi connectivity index (χ0n) is 10.8. The third-order valence-electron chi connectivity index (χ3n) is 3.19. The Hall–Kier alpha value is 0.603. The van der Waals surface area contributed by atoms with Gasteiger partial charge in [0.15, 0.2) is 0 Å². The fraction of sp³-hybridized carbons (Fsp3) is 0.214. The molecule has 2 aliphatic rings. The van der Waals surface area contributed by atoms with Crippen LogP contribution in [0, 0.1) is 6.07 Å². The molecule has 0 radical (unpaired) electrons. The van der Waals surface area contributed by atoms with Crippen molar-refractivity contribution >= 4 is 22.0 Å². The van der Waals surface area contributed by atoms with E-state index in [0.717, 1.165) is 10.3 Å². The summed E-state index contributed by atoms with van der Waals surface area (Å²) in [6, 6.07) is 5.15. The van der Waals surface area contributed by atoms with Crippen LogP contribution in [0.4, 0.5) is 0 Å². The number of hydrogen-bond donors (Lipinski definition) is 0. The minimum atomic E-state index is 0. The molecule has 0 saturated carbocycles. The van der Waals surface area contributed by atoms with Gasteiger partial charge in [-0.15, -0.1) is 0 Å². The van der Waals surface area contributed by atoms with E-state index >= 15 is 0 Å². The first kappa shape index (κ1) is 22.9. The van der Waals surface area contributed by atoms with E-state index in [4.69, 9.17) is 0 Å². The molecule has 2 aliphatic carbocycles. The third kappa shape index (κ3) is 4.08. The standard InChI is InChI=1S/C14H11BrN.3ClH.Zr/c1-8-5-10-7-13-11(3-4-14(15)16-13)9(2)12(10)6-8;;;;/h3,5-7,9H,1-2H3;3*1H;/q-1;;;;+4/p-3. The number of allylic oxidation sites excluding steroid dienone is 5. The molecule has 3 rings (SSSR count). The van der Waals surface area contributed by atoms with Crippen molar-refractivity contribution < 1.29 is 63.4 Å². The molecule has 0 saturated heterocycles. The topological polar surface area (TPSA) is 12.9 Å². The van der Waals surface area contributed by atoms with Gasteiger partial charge in [0, 0.05) is 4.60 Å². The molecule has 1 unspecified atom stereocenters. The number of fused-ring (bicyclic) bond motifs is 2. The van der Waals surface area contributed by atoms with Crippen molar-refractivity contribution in [1.82, 2.24) is 4.98 Å². The van der Waals surface area contributed by atoms with E-state index in [1.807, 2.05) is 6.07 Å². The first-order valence-electron chi connectivity index (χ1n) is 5.35. The zero-order chi connectivity index (χ0) is 11.3. The maximum atomic E-state index is 4.48. The molecule has 0 spiro atoms. The Morgan fingerprint density at radius 1 is 1.15 bits per heavy atom. The van der Waals surface area contributed by atoms with E-state index < -0.39 is 0 Å². The molecule has 104 valence electrons. The molecule has 1 nitrogen and oxygen atoms in total. The molecule has 1 atom stereocenters. The van der Waals surface area contributed by atoms with Gasteiger partial charge in [-0.05, 0) is 24.3 Å². The quantitative estimate of drug-likeness (QED) is 0.274. The van der Waals surface area contributed by atoms with E-state index in [2.05, 4.69) is 59.1 Å². The average molecular weight is 471 g/mol. The predicted octanol–water partition coefficient (Wildman–Crippen LogP) is -4.96. The summed E-state index contributed by atoms with van der Waals surface area (Å²) in [5.74, 6) is 0.417. The third-order valence-corrected chi connectivity index (χ3v) is 3.59. The van der Waals surface area contributed by atoms with Gasteiger partial charge in [-0.2, -0.15) is 5.56 Å². The maximum Gasteiger partial charge on any atom is 4.00 e. The van der Waals surface area contributed by atoms with Crippen molar-refractivity contribution in [2.75, 3.05) is 0 Å². The first-order chi connectivity index (χ1) is 7.65. The molecule has 0 bridgehead atoms. The van der Waals surface area contributed by atoms with Gasteiger partial charge < -0.3 is 37.2 Å². The molecular weight excluding hydrogens is 460 g/mol. The van der Waals surface area contributed by atoms with Gasteiger partial charge in [0.1, 0.15) is 0 Å². The van der Waals surface area contributed by atoms with Gasteiger partial charge in [-0.3, -0.25) is 4.98 Å². The second kappa shape index (κ2) is 8.90. The van der Waals surface area contributed by atoms with E-state index in [1.165, 1.54) is 22.3 Å². The van der Waals surface area contributed by atoms with Crippen LogP contribution in [0.25, 0.3) is 6.08 Å². The van der Waals surface area contributed by atoms with Crippen LogP contribution in [-0.4, -0.2) is 4.98 Å². The van der Waals surface area contributed by atoms with Gasteiger partial charge in [0.2, 0.25) is 0 Å². The molecule has 0 fully saturated rings. The number of halogens is 4. The second-order valence-corrected chi connectivity index (χ2v) is 5.09. The van der Waals surface area contributed by atoms with Crippen LogP contribution in [0.5, 0.6) is 0 Å². The molecule has 0 aliphatic heterocycles. The van der Waals surface area contributed by atoms with E-state index in [1.54, 1.807) is 0 Å². The predicted molar refractivity (Wildman–Crippen MR) is 69.0 cm³/mol. The summed E-state index contributed by atoms with van der Waals surface area (Å²) < 4.78 is 0.779. The summed E-state index contributed by atoms with van der Waals surface area (Å²) in [7, 11) is 0. The van der Waals surface area contributed by atoms with Gasteiger partial charge >= 0.3 is 26.2 Å². The molecule has 1 aromatic rings. The monoisotopic (exact) mass is 467 g/mol. The Morgan fingerprint density at radius 3 is 2.45 bits per heavy atom. The van der Waals surface area contributed by atoms with Crippen molar-refractivity contribution in [3.05, 3.63) is 56.9 Å². The molecule has 0 aromatic carbocycles. The fourth-order valence-corrected chi connectivity index (χ4v) is 2.70. The summed E-state index contributed by atoms with van der Waals surface area (Å²) in [6.07, 6.45) is 6.65. The fourth-order valence-electron chi connectivity index (χ4n) is 2.39. The van der Waals surface area contributed by atoms with Crippen LogP contribution in [0.2, 0.25) is 0 Å². The molecule has 0 amide bonds. The summed E-state index contributed by atoms with van der Waals surface area (Å²) in [4.78, 5) is 4.48. The smallest absolute Gasteiger partial charge is 1.00 e. The Bertz CT molecular complexity index is 582. The van der Waals surface area contributed by atoms with Crippen molar-refractivity contribution in [3.63, 3.8) is 0 Å². The molecule has 6 heteroatoms. The summed E-state index contributed by atoms with van der Waals surface area (Å²) >= 11 is 3.37. The number of nitrogens with zero attached hydrogens (tertiary/aromatic N) is 1. The van der Waals surface area contributed by atoms with Crippen molar-refractivity contribution in [2.24, 2.45) is 0 Å². The molecule has 20 heavy (non-hydrogen) atoms. The van der Waals surface area contributed by atoms with Crippen LogP contribution in [0.1, 0.15) is 31.0 Å². The molecular formula is C14H11BrCl3NZr. The largest absolute Gasteiger partial charge is 4.00 e. The van der Waals surface area contributed by atoms with Crippen LogP contribution < -0.4 is 37.2 Å². The number of pyridine rings is 1. The van der Waals surface area contributed by atoms with Gasteiger partial charge in [-0.25, -0.2) is 12.1 Å². The second-order valence-electron chi connectivity index (χ2n) is 4.34. The van der Waals surface area contributed by atoms with Crippen LogP contribution >= 0.6 is 15.9 Å². The van der Waals surface area contributed by atoms with Gasteiger partial charge in [0.05, 0.1) is 0 Å². The zero-order valence-corrected chi connectivity index (χ0v) is 17.2. The normalized spacial score (nSPS) is 17.6. The maximum absolute atomic E-state index is 4.48. The van der Waals surface area contributed by atoms with Gasteiger partial charge in [-0.1, -0.05) is 52.1 Å². The number of aromatic nitrogens is 1. The van der Waals surface area contributed by atoms with E-state index in [9.17, 15) is 0 Å². The number of hydrogen-bond acceptors (Lipinski definition) is 1. The minimum absolute atomic E-state index is 0. The van der Waals surface area contributed by atoms with E-state index in [-0.39, 0.29) is 63.4 Å². The Labute approximate surface area is 165 Å². The summed E-state index contributed by atoms with van der Waals surface area (Å²) in [6.45, 7) is 4.37. The molecule has 1 heterocycles. The molecule has 0 N–H and O–H groups in total. The van der Waals surface area contributed by atoms with Crippen LogP contribution in [0.3, 0.4) is 0 Å². The Balaban J connectivity index is 0. The summed E-state index contributed by atoms with van der Waals surface area (Å²) in [5.41, 5.74) is 6.37. The van der Waals surface area contributed by atoms with Crippen molar-refractivity contribution in [2.45, 2.75) is 19.8 Å². The SMILES string of the molecule is CC1=CC2=Cc3nc(Br)[c-]cc3C(C)C2=C1.[Cl-].[Cl-].[Cl-].[Zr+4]. The van der Waals surface area contributed by atoms with Gasteiger partial charge in [0.25, 0.3) is 0 Å². The van der Waals surface area contributed by atoms with Crippen molar-refractivity contribution in [3.8, 4) is 0 Å². The van der Waals surface area contributed by atoms with E-state index in [0.29, 0.717) is 5.92 Å².